The van der Waals surface area contributed by atoms with Gasteiger partial charge >= 0.3 is 0 Å². The van der Waals surface area contributed by atoms with E-state index in [1.165, 1.54) is 6.07 Å². The number of benzene rings is 1. The van der Waals surface area contributed by atoms with Crippen molar-refractivity contribution >= 4 is 11.8 Å². The monoisotopic (exact) mass is 374 g/mol. The Morgan fingerprint density at radius 3 is 2.41 bits per heavy atom. The summed E-state index contributed by atoms with van der Waals surface area (Å²) in [6.45, 7) is 4.65. The Balaban J connectivity index is 1.53. The lowest BCUT2D eigenvalue weighted by Crippen LogP contribution is -2.50. The lowest BCUT2D eigenvalue weighted by Gasteiger charge is -2.41. The fourth-order valence-electron chi connectivity index (χ4n) is 4.24. The zero-order valence-electron chi connectivity index (χ0n) is 15.8. The number of amides is 2. The average molecular weight is 374 g/mol. The van der Waals surface area contributed by atoms with Crippen LogP contribution in [0.5, 0.6) is 0 Å². The van der Waals surface area contributed by atoms with Crippen LogP contribution in [-0.4, -0.2) is 54.5 Å². The Hall–Kier alpha value is -1.95. The van der Waals surface area contributed by atoms with E-state index in [9.17, 15) is 14.0 Å². The summed E-state index contributed by atoms with van der Waals surface area (Å²) in [5, 5.41) is 0. The molecule has 0 N–H and O–H groups in total. The quantitative estimate of drug-likeness (QED) is 0.817. The molecule has 2 saturated heterocycles. The van der Waals surface area contributed by atoms with E-state index < -0.39 is 0 Å². The van der Waals surface area contributed by atoms with Crippen LogP contribution in [0.15, 0.2) is 18.2 Å². The molecule has 1 aliphatic carbocycles. The van der Waals surface area contributed by atoms with Crippen LogP contribution in [0.4, 0.5) is 4.39 Å². The minimum atomic E-state index is -0.227. The molecule has 1 saturated carbocycles. The molecule has 5 nitrogen and oxygen atoms in total. The summed E-state index contributed by atoms with van der Waals surface area (Å²) in [6.07, 6.45) is 3.37. The maximum atomic E-state index is 13.7. The number of carbonyl (C=O) groups excluding carboxylic acids is 2. The van der Waals surface area contributed by atoms with Crippen LogP contribution in [0.1, 0.15) is 42.9 Å². The Labute approximate surface area is 159 Å². The molecule has 2 unspecified atom stereocenters. The Morgan fingerprint density at radius 2 is 1.74 bits per heavy atom. The van der Waals surface area contributed by atoms with Gasteiger partial charge in [-0.15, -0.1) is 0 Å². The van der Waals surface area contributed by atoms with Gasteiger partial charge < -0.3 is 14.5 Å². The highest BCUT2D eigenvalue weighted by molar-refractivity contribution is 5.84. The largest absolute Gasteiger partial charge is 0.378 e. The fraction of sp³-hybridized carbons (Fsp3) is 0.619. The van der Waals surface area contributed by atoms with Gasteiger partial charge in [0.15, 0.2) is 0 Å². The van der Waals surface area contributed by atoms with Crippen molar-refractivity contribution in [2.24, 2.45) is 11.8 Å². The molecule has 0 bridgehead atoms. The molecule has 0 radical (unpaired) electrons. The first-order chi connectivity index (χ1) is 13.0. The number of likely N-dealkylation sites (tertiary alicyclic amines) is 1. The highest BCUT2D eigenvalue weighted by Gasteiger charge is 2.42. The first-order valence-corrected chi connectivity index (χ1v) is 9.97. The molecule has 2 atom stereocenters. The second-order valence-corrected chi connectivity index (χ2v) is 8.00. The van der Waals surface area contributed by atoms with Crippen LogP contribution >= 0.6 is 0 Å². The van der Waals surface area contributed by atoms with Crippen molar-refractivity contribution < 1.29 is 18.7 Å². The van der Waals surface area contributed by atoms with Crippen LogP contribution in [0.25, 0.3) is 0 Å². The molecule has 1 aromatic rings. The molecule has 2 aliphatic heterocycles. The Morgan fingerprint density at radius 1 is 1.04 bits per heavy atom. The molecular formula is C21H27FN2O3. The molecular weight excluding hydrogens is 347 g/mol. The van der Waals surface area contributed by atoms with Crippen molar-refractivity contribution in [1.29, 1.82) is 0 Å². The van der Waals surface area contributed by atoms with E-state index in [4.69, 9.17) is 4.74 Å². The van der Waals surface area contributed by atoms with E-state index in [-0.39, 0.29) is 35.5 Å². The van der Waals surface area contributed by atoms with Crippen LogP contribution in [-0.2, 0) is 14.3 Å². The van der Waals surface area contributed by atoms with Gasteiger partial charge in [0.2, 0.25) is 11.8 Å². The van der Waals surface area contributed by atoms with Crippen LogP contribution in [0.2, 0.25) is 0 Å². The highest BCUT2D eigenvalue weighted by atomic mass is 19.1. The summed E-state index contributed by atoms with van der Waals surface area (Å²) in [4.78, 5) is 29.6. The number of hydrogen-bond acceptors (Lipinski definition) is 3. The van der Waals surface area contributed by atoms with Gasteiger partial charge in [-0.1, -0.05) is 12.1 Å². The maximum Gasteiger partial charge on any atom is 0.227 e. The number of ether oxygens (including phenoxy) is 1. The maximum absolute atomic E-state index is 13.7. The second-order valence-electron chi connectivity index (χ2n) is 8.00. The van der Waals surface area contributed by atoms with Gasteiger partial charge in [0.25, 0.3) is 0 Å². The first kappa shape index (κ1) is 18.4. The van der Waals surface area contributed by atoms with Crippen molar-refractivity contribution in [3.8, 4) is 0 Å². The summed E-state index contributed by atoms with van der Waals surface area (Å²) < 4.78 is 19.0. The van der Waals surface area contributed by atoms with Crippen molar-refractivity contribution in [2.45, 2.75) is 38.6 Å². The minimum absolute atomic E-state index is 0.0638. The standard InChI is InChI=1S/C21H27FN2O3/c1-14-12-16(4-6-18(14)22)19-7-5-17(13-24(19)21(26)15-2-3-15)20(25)23-8-10-27-11-9-23/h4,6,12,15,17,19H,2-3,5,7-11,13H2,1H3. The van der Waals surface area contributed by atoms with Crippen molar-refractivity contribution in [3.63, 3.8) is 0 Å². The molecule has 4 rings (SSSR count). The summed E-state index contributed by atoms with van der Waals surface area (Å²) in [6, 6.07) is 5.04. The van der Waals surface area contributed by atoms with Crippen LogP contribution in [0, 0.1) is 24.6 Å². The van der Waals surface area contributed by atoms with E-state index in [1.807, 2.05) is 15.9 Å². The predicted octanol–water partition coefficient (Wildman–Crippen LogP) is 2.68. The SMILES string of the molecule is Cc1cc(C2CCC(C(=O)N3CCOCC3)CN2C(=O)C2CC2)ccc1F. The van der Waals surface area contributed by atoms with Gasteiger partial charge in [-0.3, -0.25) is 9.59 Å². The molecule has 2 heterocycles. The van der Waals surface area contributed by atoms with Crippen molar-refractivity contribution in [1.82, 2.24) is 9.80 Å². The summed E-state index contributed by atoms with van der Waals surface area (Å²) in [5.74, 6) is 0.0203. The molecule has 6 heteroatoms. The number of aryl methyl sites for hydroxylation is 1. The number of halogens is 1. The van der Waals surface area contributed by atoms with E-state index in [0.717, 1.165) is 31.2 Å². The van der Waals surface area contributed by atoms with E-state index in [1.54, 1.807) is 13.0 Å². The normalized spacial score (nSPS) is 26.1. The van der Waals surface area contributed by atoms with Crippen molar-refractivity contribution in [2.75, 3.05) is 32.8 Å². The van der Waals surface area contributed by atoms with Crippen LogP contribution < -0.4 is 0 Å². The van der Waals surface area contributed by atoms with Crippen LogP contribution in [0.3, 0.4) is 0 Å². The van der Waals surface area contributed by atoms with Gasteiger partial charge in [0.1, 0.15) is 5.82 Å². The van der Waals surface area contributed by atoms with Gasteiger partial charge in [0, 0.05) is 25.6 Å². The van der Waals surface area contributed by atoms with E-state index >= 15 is 0 Å². The topological polar surface area (TPSA) is 49.9 Å². The summed E-state index contributed by atoms with van der Waals surface area (Å²) in [5.41, 5.74) is 1.57. The third-order valence-corrected chi connectivity index (χ3v) is 6.03. The number of rotatable bonds is 3. The van der Waals surface area contributed by atoms with E-state index in [2.05, 4.69) is 0 Å². The Bertz CT molecular complexity index is 728. The zero-order chi connectivity index (χ0) is 19.0. The van der Waals surface area contributed by atoms with Gasteiger partial charge in [-0.05, 0) is 49.8 Å². The molecule has 3 aliphatic rings. The molecule has 2 amide bonds. The lowest BCUT2D eigenvalue weighted by molar-refractivity contribution is -0.146. The minimum Gasteiger partial charge on any atom is -0.378 e. The van der Waals surface area contributed by atoms with Gasteiger partial charge in [-0.25, -0.2) is 4.39 Å². The average Bonchev–Trinajstić information content (AvgIpc) is 3.54. The third kappa shape index (κ3) is 3.86. The fourth-order valence-corrected chi connectivity index (χ4v) is 4.24. The van der Waals surface area contributed by atoms with Crippen molar-refractivity contribution in [3.05, 3.63) is 35.1 Å². The lowest BCUT2D eigenvalue weighted by atomic mass is 9.87. The van der Waals surface area contributed by atoms with Gasteiger partial charge in [-0.2, -0.15) is 0 Å². The molecule has 1 aromatic carbocycles. The summed E-state index contributed by atoms with van der Waals surface area (Å²) in [7, 11) is 0. The predicted molar refractivity (Wildman–Crippen MR) is 98.4 cm³/mol. The van der Waals surface area contributed by atoms with E-state index in [0.29, 0.717) is 38.4 Å². The molecule has 146 valence electrons. The first-order valence-electron chi connectivity index (χ1n) is 9.97. The zero-order valence-corrected chi connectivity index (χ0v) is 15.8. The number of carbonyl (C=O) groups is 2. The molecule has 27 heavy (non-hydrogen) atoms. The van der Waals surface area contributed by atoms with Gasteiger partial charge in [0.05, 0.1) is 25.2 Å². The molecule has 0 spiro atoms. The number of morpholine rings is 1. The smallest absolute Gasteiger partial charge is 0.227 e. The Kier molecular flexibility index (Phi) is 5.17. The highest BCUT2D eigenvalue weighted by Crippen LogP contribution is 2.40. The number of piperidine rings is 1. The number of nitrogens with zero attached hydrogens (tertiary/aromatic N) is 2. The number of hydrogen-bond donors (Lipinski definition) is 0. The summed E-state index contributed by atoms with van der Waals surface area (Å²) >= 11 is 0. The molecule has 0 aromatic heterocycles. The molecule has 3 fully saturated rings. The second kappa shape index (κ2) is 7.58. The third-order valence-electron chi connectivity index (χ3n) is 6.03.